The van der Waals surface area contributed by atoms with Crippen molar-refractivity contribution in [1.29, 1.82) is 0 Å². The first-order valence-electron chi connectivity index (χ1n) is 8.10. The minimum Gasteiger partial charge on any atom is -0.463 e. The standard InChI is InChI=1S/C18H20ClFN2O3/c1-24-18(23)17-13(5-10-25-17)11-21-6-8-22(9-7-21)12-14-15(19)3-2-4-16(14)20/h2-5,10H,6-9,11-12H2,1H3. The number of hydrogen-bond acceptors (Lipinski definition) is 5. The van der Waals surface area contributed by atoms with E-state index in [2.05, 4.69) is 9.80 Å². The van der Waals surface area contributed by atoms with Crippen LogP contribution in [0.3, 0.4) is 0 Å². The molecule has 1 aliphatic rings. The van der Waals surface area contributed by atoms with Crippen LogP contribution >= 0.6 is 11.6 Å². The molecule has 0 amide bonds. The van der Waals surface area contributed by atoms with Crippen LogP contribution in [0.15, 0.2) is 34.9 Å². The summed E-state index contributed by atoms with van der Waals surface area (Å²) in [6.07, 6.45) is 1.50. The topological polar surface area (TPSA) is 45.9 Å². The Morgan fingerprint density at radius 2 is 1.88 bits per heavy atom. The van der Waals surface area contributed by atoms with E-state index in [1.807, 2.05) is 0 Å². The SMILES string of the molecule is COC(=O)c1occc1CN1CCN(Cc2c(F)cccc2Cl)CC1. The Balaban J connectivity index is 1.56. The van der Waals surface area contributed by atoms with E-state index in [4.69, 9.17) is 20.8 Å². The van der Waals surface area contributed by atoms with Crippen molar-refractivity contribution in [3.05, 3.63) is 58.3 Å². The second kappa shape index (κ2) is 7.99. The molecule has 25 heavy (non-hydrogen) atoms. The van der Waals surface area contributed by atoms with Crippen molar-refractivity contribution in [3.8, 4) is 0 Å². The fourth-order valence-corrected chi connectivity index (χ4v) is 3.21. The predicted molar refractivity (Wildman–Crippen MR) is 92.0 cm³/mol. The van der Waals surface area contributed by atoms with Crippen LogP contribution in [0.25, 0.3) is 0 Å². The summed E-state index contributed by atoms with van der Waals surface area (Å²) < 4.78 is 23.9. The van der Waals surface area contributed by atoms with Gasteiger partial charge in [-0.25, -0.2) is 9.18 Å². The summed E-state index contributed by atoms with van der Waals surface area (Å²) in [6.45, 7) is 4.36. The van der Waals surface area contributed by atoms with Gasteiger partial charge >= 0.3 is 5.97 Å². The largest absolute Gasteiger partial charge is 0.463 e. The third-order valence-electron chi connectivity index (χ3n) is 4.42. The van der Waals surface area contributed by atoms with Crippen molar-refractivity contribution < 1.29 is 18.3 Å². The van der Waals surface area contributed by atoms with Gasteiger partial charge in [0.2, 0.25) is 5.76 Å². The molecule has 0 unspecified atom stereocenters. The van der Waals surface area contributed by atoms with E-state index >= 15 is 0 Å². The molecule has 2 aromatic rings. The lowest BCUT2D eigenvalue weighted by atomic mass is 10.1. The number of carbonyl (C=O) groups is 1. The number of furan rings is 1. The first-order valence-corrected chi connectivity index (χ1v) is 8.48. The lowest BCUT2D eigenvalue weighted by Gasteiger charge is -2.34. The van der Waals surface area contributed by atoms with Crippen molar-refractivity contribution in [2.24, 2.45) is 0 Å². The first kappa shape index (κ1) is 17.9. The Labute approximate surface area is 150 Å². The van der Waals surface area contributed by atoms with E-state index in [1.165, 1.54) is 19.4 Å². The highest BCUT2D eigenvalue weighted by Crippen LogP contribution is 2.22. The summed E-state index contributed by atoms with van der Waals surface area (Å²) in [5.41, 5.74) is 1.36. The summed E-state index contributed by atoms with van der Waals surface area (Å²) in [5.74, 6) is -0.480. The molecule has 5 nitrogen and oxygen atoms in total. The normalized spacial score (nSPS) is 16.1. The number of methoxy groups -OCH3 is 1. The van der Waals surface area contributed by atoms with E-state index in [-0.39, 0.29) is 11.6 Å². The lowest BCUT2D eigenvalue weighted by molar-refractivity contribution is 0.0559. The molecule has 1 aromatic heterocycles. The third kappa shape index (κ3) is 4.21. The van der Waals surface area contributed by atoms with Crippen LogP contribution in [0.2, 0.25) is 5.02 Å². The maximum Gasteiger partial charge on any atom is 0.374 e. The summed E-state index contributed by atoms with van der Waals surface area (Å²) >= 11 is 6.10. The van der Waals surface area contributed by atoms with Crippen LogP contribution in [0.4, 0.5) is 4.39 Å². The predicted octanol–water partition coefficient (Wildman–Crippen LogP) is 3.18. The molecule has 0 atom stereocenters. The Morgan fingerprint density at radius 3 is 2.52 bits per heavy atom. The number of ether oxygens (including phenoxy) is 1. The summed E-state index contributed by atoms with van der Waals surface area (Å²) in [5, 5.41) is 0.462. The minimum absolute atomic E-state index is 0.253. The maximum absolute atomic E-state index is 13.9. The molecule has 7 heteroatoms. The highest BCUT2D eigenvalue weighted by molar-refractivity contribution is 6.31. The van der Waals surface area contributed by atoms with Crippen LogP contribution in [0.5, 0.6) is 0 Å². The zero-order chi connectivity index (χ0) is 17.8. The second-order valence-electron chi connectivity index (χ2n) is 6.02. The number of piperazine rings is 1. The first-order chi connectivity index (χ1) is 12.1. The molecule has 1 saturated heterocycles. The van der Waals surface area contributed by atoms with E-state index in [9.17, 15) is 9.18 Å². The van der Waals surface area contributed by atoms with Gasteiger partial charge in [0.25, 0.3) is 0 Å². The molecule has 134 valence electrons. The van der Waals surface area contributed by atoms with Gasteiger partial charge in [0.15, 0.2) is 0 Å². The maximum atomic E-state index is 13.9. The van der Waals surface area contributed by atoms with Gasteiger partial charge in [-0.3, -0.25) is 9.80 Å². The van der Waals surface area contributed by atoms with Gasteiger partial charge in [0.05, 0.1) is 13.4 Å². The molecule has 0 N–H and O–H groups in total. The van der Waals surface area contributed by atoms with Crippen LogP contribution < -0.4 is 0 Å². The summed E-state index contributed by atoms with van der Waals surface area (Å²) in [4.78, 5) is 16.1. The molecule has 0 spiro atoms. The number of carbonyl (C=O) groups excluding carboxylic acids is 1. The molecule has 3 rings (SSSR count). The molecule has 0 aliphatic carbocycles. The average Bonchev–Trinajstić information content (AvgIpc) is 3.07. The van der Waals surface area contributed by atoms with Crippen LogP contribution in [0.1, 0.15) is 21.7 Å². The number of halogens is 2. The molecule has 1 fully saturated rings. The van der Waals surface area contributed by atoms with Crippen LogP contribution in [0, 0.1) is 5.82 Å². The molecule has 1 aromatic carbocycles. The van der Waals surface area contributed by atoms with E-state index in [0.717, 1.165) is 31.7 Å². The van der Waals surface area contributed by atoms with Gasteiger partial charge in [0.1, 0.15) is 5.82 Å². The van der Waals surface area contributed by atoms with Crippen molar-refractivity contribution >= 4 is 17.6 Å². The summed E-state index contributed by atoms with van der Waals surface area (Å²) in [7, 11) is 1.33. The van der Waals surface area contributed by atoms with E-state index in [1.54, 1.807) is 18.2 Å². The summed E-state index contributed by atoms with van der Waals surface area (Å²) in [6, 6.07) is 6.55. The number of hydrogen-bond donors (Lipinski definition) is 0. The van der Waals surface area contributed by atoms with Crippen molar-refractivity contribution in [2.45, 2.75) is 13.1 Å². The highest BCUT2D eigenvalue weighted by atomic mass is 35.5. The van der Waals surface area contributed by atoms with Crippen molar-refractivity contribution in [1.82, 2.24) is 9.80 Å². The molecule has 0 radical (unpaired) electrons. The Morgan fingerprint density at radius 1 is 1.20 bits per heavy atom. The zero-order valence-electron chi connectivity index (χ0n) is 14.0. The molecule has 0 bridgehead atoms. The smallest absolute Gasteiger partial charge is 0.374 e. The van der Waals surface area contributed by atoms with Gasteiger partial charge in [0, 0.05) is 55.4 Å². The van der Waals surface area contributed by atoms with Crippen LogP contribution in [-0.2, 0) is 17.8 Å². The number of esters is 1. The Bertz CT molecular complexity index is 721. The van der Waals surface area contributed by atoms with Gasteiger partial charge in [-0.05, 0) is 18.2 Å². The monoisotopic (exact) mass is 366 g/mol. The second-order valence-corrected chi connectivity index (χ2v) is 6.43. The number of nitrogens with zero attached hydrogens (tertiary/aromatic N) is 2. The van der Waals surface area contributed by atoms with Gasteiger partial charge < -0.3 is 9.15 Å². The third-order valence-corrected chi connectivity index (χ3v) is 4.77. The van der Waals surface area contributed by atoms with Gasteiger partial charge in [-0.1, -0.05) is 17.7 Å². The molecule has 2 heterocycles. The lowest BCUT2D eigenvalue weighted by Crippen LogP contribution is -2.45. The van der Waals surface area contributed by atoms with Crippen molar-refractivity contribution in [3.63, 3.8) is 0 Å². The van der Waals surface area contributed by atoms with E-state index in [0.29, 0.717) is 23.7 Å². The average molecular weight is 367 g/mol. The Hall–Kier alpha value is -1.89. The van der Waals surface area contributed by atoms with Gasteiger partial charge in [-0.15, -0.1) is 0 Å². The van der Waals surface area contributed by atoms with E-state index < -0.39 is 5.97 Å². The van der Waals surface area contributed by atoms with Gasteiger partial charge in [-0.2, -0.15) is 0 Å². The van der Waals surface area contributed by atoms with Crippen LogP contribution in [-0.4, -0.2) is 49.1 Å². The molecular weight excluding hydrogens is 347 g/mol. The zero-order valence-corrected chi connectivity index (χ0v) is 14.8. The molecule has 0 saturated carbocycles. The fraction of sp³-hybridized carbons (Fsp3) is 0.389. The Kier molecular flexibility index (Phi) is 5.73. The quantitative estimate of drug-likeness (QED) is 0.760. The number of benzene rings is 1. The minimum atomic E-state index is -0.465. The molecule has 1 aliphatic heterocycles. The highest BCUT2D eigenvalue weighted by Gasteiger charge is 2.22. The fourth-order valence-electron chi connectivity index (χ4n) is 2.99. The number of rotatable bonds is 5. The molecular formula is C18H20ClFN2O3. The van der Waals surface area contributed by atoms with Crippen molar-refractivity contribution in [2.75, 3.05) is 33.3 Å².